The molecular weight excluding hydrogens is 329 g/mol. The lowest BCUT2D eigenvalue weighted by Crippen LogP contribution is -2.25. The third-order valence-corrected chi connectivity index (χ3v) is 3.97. The average Bonchev–Trinajstić information content (AvgIpc) is 2.60. The van der Waals surface area contributed by atoms with E-state index in [1.165, 1.54) is 42.2 Å². The number of hydrogen-bond donors (Lipinski definition) is 2. The fourth-order valence-corrected chi connectivity index (χ4v) is 2.46. The van der Waals surface area contributed by atoms with Gasteiger partial charge in [0.15, 0.2) is 0 Å². The van der Waals surface area contributed by atoms with Crippen LogP contribution in [0, 0.1) is 5.82 Å². The van der Waals surface area contributed by atoms with E-state index in [-0.39, 0.29) is 23.4 Å². The number of hydrogen-bond acceptors (Lipinski definition) is 4. The van der Waals surface area contributed by atoms with E-state index in [9.17, 15) is 14.0 Å². The quantitative estimate of drug-likeness (QED) is 0.755. The minimum atomic E-state index is -0.362. The van der Waals surface area contributed by atoms with Gasteiger partial charge in [-0.3, -0.25) is 9.59 Å². The van der Waals surface area contributed by atoms with E-state index in [1.807, 2.05) is 6.92 Å². The second-order valence-electron chi connectivity index (χ2n) is 4.98. The van der Waals surface area contributed by atoms with Gasteiger partial charge < -0.3 is 10.6 Å². The lowest BCUT2D eigenvalue weighted by Gasteiger charge is -2.06. The first-order valence-corrected chi connectivity index (χ1v) is 8.49. The largest absolute Gasteiger partial charge is 0.355 e. The van der Waals surface area contributed by atoms with E-state index in [4.69, 9.17) is 0 Å². The molecule has 1 aromatic heterocycles. The van der Waals surface area contributed by atoms with Gasteiger partial charge in [-0.25, -0.2) is 9.37 Å². The Kier molecular flexibility index (Phi) is 6.74. The van der Waals surface area contributed by atoms with Crippen molar-refractivity contribution in [3.8, 4) is 0 Å². The molecule has 0 aliphatic heterocycles. The van der Waals surface area contributed by atoms with Crippen molar-refractivity contribution in [2.45, 2.75) is 18.4 Å². The molecule has 5 nitrogen and oxygen atoms in total. The number of carbonyl (C=O) groups is 2. The predicted octanol–water partition coefficient (Wildman–Crippen LogP) is 3.09. The minimum absolute atomic E-state index is 0.0400. The molecule has 0 spiro atoms. The van der Waals surface area contributed by atoms with Crippen molar-refractivity contribution in [2.75, 3.05) is 17.6 Å². The summed E-state index contributed by atoms with van der Waals surface area (Å²) in [5, 5.41) is 6.11. The first-order valence-electron chi connectivity index (χ1n) is 7.51. The Morgan fingerprint density at radius 1 is 1.17 bits per heavy atom. The van der Waals surface area contributed by atoms with E-state index in [0.717, 1.165) is 6.42 Å². The summed E-state index contributed by atoms with van der Waals surface area (Å²) >= 11 is 1.31. The highest BCUT2D eigenvalue weighted by molar-refractivity contribution is 7.99. The van der Waals surface area contributed by atoms with E-state index < -0.39 is 0 Å². The maximum absolute atomic E-state index is 12.8. The van der Waals surface area contributed by atoms with Gasteiger partial charge >= 0.3 is 0 Å². The third kappa shape index (κ3) is 5.66. The smallest absolute Gasteiger partial charge is 0.257 e. The summed E-state index contributed by atoms with van der Waals surface area (Å²) < 4.78 is 12.8. The highest BCUT2D eigenvalue weighted by Gasteiger charge is 2.08. The number of amides is 2. The number of anilines is 1. The topological polar surface area (TPSA) is 71.1 Å². The van der Waals surface area contributed by atoms with Crippen LogP contribution in [0.1, 0.15) is 23.7 Å². The number of benzene rings is 1. The normalized spacial score (nSPS) is 10.2. The lowest BCUT2D eigenvalue weighted by molar-refractivity contribution is -0.118. The van der Waals surface area contributed by atoms with Crippen LogP contribution in [-0.4, -0.2) is 29.1 Å². The van der Waals surface area contributed by atoms with Crippen LogP contribution in [0.2, 0.25) is 0 Å². The van der Waals surface area contributed by atoms with Gasteiger partial charge in [0.2, 0.25) is 5.91 Å². The van der Waals surface area contributed by atoms with Crippen LogP contribution in [0.15, 0.2) is 47.6 Å². The Balaban J connectivity index is 1.87. The van der Waals surface area contributed by atoms with Crippen LogP contribution in [0.5, 0.6) is 0 Å². The first kappa shape index (κ1) is 17.9. The number of thioether (sulfide) groups is 1. The summed E-state index contributed by atoms with van der Waals surface area (Å²) in [5.41, 5.74) is 0.895. The van der Waals surface area contributed by atoms with Crippen LogP contribution in [0.4, 0.5) is 10.1 Å². The molecule has 2 amide bonds. The van der Waals surface area contributed by atoms with Crippen molar-refractivity contribution in [3.63, 3.8) is 0 Å². The molecule has 126 valence electrons. The monoisotopic (exact) mass is 347 g/mol. The third-order valence-electron chi connectivity index (χ3n) is 3.02. The molecule has 24 heavy (non-hydrogen) atoms. The summed E-state index contributed by atoms with van der Waals surface area (Å²) in [6.45, 7) is 2.65. The molecule has 0 bridgehead atoms. The summed E-state index contributed by atoms with van der Waals surface area (Å²) in [5.74, 6) is -0.444. The molecule has 1 aromatic carbocycles. The molecule has 2 aromatic rings. The van der Waals surface area contributed by atoms with Crippen LogP contribution >= 0.6 is 11.8 Å². The number of nitrogens with one attached hydrogen (secondary N) is 2. The Hall–Kier alpha value is -2.41. The second-order valence-corrected chi connectivity index (χ2v) is 5.98. The minimum Gasteiger partial charge on any atom is -0.355 e. The molecule has 7 heteroatoms. The predicted molar refractivity (Wildman–Crippen MR) is 92.6 cm³/mol. The van der Waals surface area contributed by atoms with Crippen LogP contribution in [0.25, 0.3) is 0 Å². The average molecular weight is 347 g/mol. The maximum atomic E-state index is 12.8. The van der Waals surface area contributed by atoms with Gasteiger partial charge in [0.1, 0.15) is 5.82 Å². The summed E-state index contributed by atoms with van der Waals surface area (Å²) in [4.78, 5) is 27.8. The van der Waals surface area contributed by atoms with E-state index >= 15 is 0 Å². The number of halogens is 1. The van der Waals surface area contributed by atoms with E-state index in [0.29, 0.717) is 22.8 Å². The van der Waals surface area contributed by atoms with E-state index in [2.05, 4.69) is 15.6 Å². The molecule has 1 heterocycles. The Morgan fingerprint density at radius 2 is 1.92 bits per heavy atom. The molecule has 0 radical (unpaired) electrons. The Bertz CT molecular complexity index is 690. The van der Waals surface area contributed by atoms with Crippen molar-refractivity contribution in [3.05, 3.63) is 54.0 Å². The van der Waals surface area contributed by atoms with Gasteiger partial charge in [0.25, 0.3) is 5.91 Å². The highest BCUT2D eigenvalue weighted by atomic mass is 32.2. The molecule has 0 aliphatic rings. The molecule has 0 fully saturated rings. The van der Waals surface area contributed by atoms with Crippen LogP contribution < -0.4 is 10.6 Å². The number of aromatic nitrogens is 1. The Labute approximate surface area is 144 Å². The number of rotatable bonds is 7. The van der Waals surface area contributed by atoms with Crippen molar-refractivity contribution in [2.24, 2.45) is 0 Å². The van der Waals surface area contributed by atoms with Gasteiger partial charge in [0, 0.05) is 18.4 Å². The summed E-state index contributed by atoms with van der Waals surface area (Å²) in [6, 6.07) is 8.85. The fourth-order valence-electron chi connectivity index (χ4n) is 1.79. The lowest BCUT2D eigenvalue weighted by atomic mass is 10.2. The summed E-state index contributed by atoms with van der Waals surface area (Å²) in [7, 11) is 0. The number of pyridine rings is 1. The Morgan fingerprint density at radius 3 is 2.54 bits per heavy atom. The van der Waals surface area contributed by atoms with Gasteiger partial charge in [-0.2, -0.15) is 0 Å². The van der Waals surface area contributed by atoms with Crippen molar-refractivity contribution < 1.29 is 14.0 Å². The van der Waals surface area contributed by atoms with Crippen LogP contribution in [0.3, 0.4) is 0 Å². The van der Waals surface area contributed by atoms with Gasteiger partial charge in [0.05, 0.1) is 16.3 Å². The van der Waals surface area contributed by atoms with Crippen molar-refractivity contribution in [1.29, 1.82) is 0 Å². The standard InChI is InChI=1S/C17H18FN3O2S/c1-2-9-19-15(22)11-24-16-8-3-12(10-20-16)17(23)21-14-6-4-13(18)5-7-14/h3-8,10H,2,9,11H2,1H3,(H,19,22)(H,21,23). The molecule has 0 saturated carbocycles. The number of carbonyl (C=O) groups excluding carboxylic acids is 2. The molecule has 0 aliphatic carbocycles. The number of nitrogens with zero attached hydrogens (tertiary/aromatic N) is 1. The van der Waals surface area contributed by atoms with Crippen LogP contribution in [-0.2, 0) is 4.79 Å². The molecule has 0 atom stereocenters. The summed E-state index contributed by atoms with van der Waals surface area (Å²) in [6.07, 6.45) is 2.34. The SMILES string of the molecule is CCCNC(=O)CSc1ccc(C(=O)Nc2ccc(F)cc2)cn1. The highest BCUT2D eigenvalue weighted by Crippen LogP contribution is 2.16. The fraction of sp³-hybridized carbons (Fsp3) is 0.235. The molecule has 2 N–H and O–H groups in total. The van der Waals surface area contributed by atoms with E-state index in [1.54, 1.807) is 12.1 Å². The van der Waals surface area contributed by atoms with Gasteiger partial charge in [-0.05, 0) is 42.8 Å². The van der Waals surface area contributed by atoms with Gasteiger partial charge in [-0.15, -0.1) is 0 Å². The molecule has 2 rings (SSSR count). The second kappa shape index (κ2) is 9.02. The zero-order valence-corrected chi connectivity index (χ0v) is 14.0. The van der Waals surface area contributed by atoms with Gasteiger partial charge in [-0.1, -0.05) is 18.7 Å². The zero-order valence-electron chi connectivity index (χ0n) is 13.2. The maximum Gasteiger partial charge on any atom is 0.257 e. The zero-order chi connectivity index (χ0) is 17.4. The molecule has 0 saturated heterocycles. The first-order chi connectivity index (χ1) is 11.6. The molecule has 0 unspecified atom stereocenters. The van der Waals surface area contributed by atoms with Crippen molar-refractivity contribution in [1.82, 2.24) is 10.3 Å². The van der Waals surface area contributed by atoms with Crippen molar-refractivity contribution >= 4 is 29.3 Å². The molecular formula is C17H18FN3O2S.